The number of nitrogens with zero attached hydrogens (tertiary/aromatic N) is 2. The number of halogens is 1. The van der Waals surface area contributed by atoms with Gasteiger partial charge in [0.25, 0.3) is 0 Å². The van der Waals surface area contributed by atoms with Gasteiger partial charge >= 0.3 is 0 Å². The van der Waals surface area contributed by atoms with Crippen molar-refractivity contribution >= 4 is 23.5 Å². The van der Waals surface area contributed by atoms with Crippen molar-refractivity contribution < 1.29 is 14.2 Å². The van der Waals surface area contributed by atoms with Crippen molar-refractivity contribution in [2.24, 2.45) is 0 Å². The molecule has 0 unspecified atom stereocenters. The molecule has 2 heterocycles. The van der Waals surface area contributed by atoms with Crippen LogP contribution >= 0.6 is 23.5 Å². The largest absolute Gasteiger partial charge is 0.497 e. The van der Waals surface area contributed by atoms with Crippen molar-refractivity contribution in [3.63, 3.8) is 0 Å². The summed E-state index contributed by atoms with van der Waals surface area (Å²) in [5, 5.41) is 9.52. The van der Waals surface area contributed by atoms with Crippen LogP contribution in [0, 0.1) is 5.82 Å². The lowest BCUT2D eigenvalue weighted by Gasteiger charge is -2.44. The van der Waals surface area contributed by atoms with Gasteiger partial charge in [-0.25, -0.2) is 4.39 Å². The Labute approximate surface area is 164 Å². The number of benzene rings is 1. The summed E-state index contributed by atoms with van der Waals surface area (Å²) in [4.78, 5) is 4.92. The molecule has 1 atom stereocenters. The molecule has 2 saturated heterocycles. The van der Waals surface area contributed by atoms with Crippen molar-refractivity contribution in [2.45, 2.75) is 25.0 Å². The molecule has 1 N–H and O–H groups in total. The number of aliphatic hydroxyl groups excluding tert-OH is 1. The number of hydrogen-bond donors (Lipinski definition) is 1. The van der Waals surface area contributed by atoms with E-state index in [1.165, 1.54) is 29.1 Å². The molecule has 0 aliphatic carbocycles. The van der Waals surface area contributed by atoms with E-state index in [-0.39, 0.29) is 18.5 Å². The third kappa shape index (κ3) is 5.29. The Kier molecular flexibility index (Phi) is 7.93. The first-order valence-electron chi connectivity index (χ1n) is 9.28. The van der Waals surface area contributed by atoms with Gasteiger partial charge in [-0.15, -0.1) is 0 Å². The molecule has 0 amide bonds. The fourth-order valence-electron chi connectivity index (χ4n) is 3.70. The van der Waals surface area contributed by atoms with Gasteiger partial charge < -0.3 is 9.84 Å². The Bertz CT molecular complexity index is 570. The molecule has 1 aromatic carbocycles. The van der Waals surface area contributed by atoms with E-state index in [4.69, 9.17) is 4.74 Å². The molecule has 0 bridgehead atoms. The van der Waals surface area contributed by atoms with Crippen LogP contribution in [0.2, 0.25) is 0 Å². The van der Waals surface area contributed by atoms with Crippen molar-refractivity contribution in [3.8, 4) is 5.75 Å². The summed E-state index contributed by atoms with van der Waals surface area (Å²) in [5.41, 5.74) is 0.697. The van der Waals surface area contributed by atoms with Crippen LogP contribution in [0.4, 0.5) is 4.39 Å². The maximum atomic E-state index is 14.3. The minimum atomic E-state index is -0.217. The van der Waals surface area contributed by atoms with Crippen LogP contribution in [0.15, 0.2) is 18.2 Å². The van der Waals surface area contributed by atoms with Crippen molar-refractivity contribution in [2.75, 3.05) is 56.4 Å². The predicted octanol–water partition coefficient (Wildman–Crippen LogP) is 2.55. The molecular formula is C19H29FN2O2S2. The Balaban J connectivity index is 1.64. The van der Waals surface area contributed by atoms with E-state index in [9.17, 15) is 9.50 Å². The summed E-state index contributed by atoms with van der Waals surface area (Å²) < 4.78 is 19.4. The third-order valence-electron chi connectivity index (χ3n) is 5.24. The summed E-state index contributed by atoms with van der Waals surface area (Å²) in [6, 6.07) is 5.97. The second-order valence-corrected chi connectivity index (χ2v) is 9.19. The summed E-state index contributed by atoms with van der Waals surface area (Å²) >= 11 is 4.11. The quantitative estimate of drug-likeness (QED) is 0.791. The number of aliphatic hydroxyl groups is 1. The summed E-state index contributed by atoms with van der Waals surface area (Å²) in [7, 11) is 1.55. The SMILES string of the molecule is COc1ccc(CN2CCN(C3CSCCSC3)C[C@H]2CCO)c(F)c1. The highest BCUT2D eigenvalue weighted by Gasteiger charge is 2.31. The lowest BCUT2D eigenvalue weighted by atomic mass is 10.1. The smallest absolute Gasteiger partial charge is 0.131 e. The van der Waals surface area contributed by atoms with Crippen molar-refractivity contribution in [3.05, 3.63) is 29.6 Å². The molecule has 0 saturated carbocycles. The minimum absolute atomic E-state index is 0.175. The maximum Gasteiger partial charge on any atom is 0.131 e. The summed E-state index contributed by atoms with van der Waals surface area (Å²) in [6.07, 6.45) is 0.737. The Morgan fingerprint density at radius 1 is 1.23 bits per heavy atom. The molecule has 2 aliphatic rings. The van der Waals surface area contributed by atoms with Gasteiger partial charge in [-0.1, -0.05) is 6.07 Å². The molecule has 146 valence electrons. The number of thioether (sulfide) groups is 2. The standard InChI is InChI=1S/C19H29FN2O2S2/c1-24-18-3-2-15(19(20)10-18)11-21-5-6-22(12-16(21)4-7-23)17-13-25-8-9-26-14-17/h2-3,10,16-17,23H,4-9,11-14H2,1H3/t16-/m1/s1. The number of piperazine rings is 1. The van der Waals surface area contributed by atoms with E-state index < -0.39 is 0 Å². The lowest BCUT2D eigenvalue weighted by molar-refractivity contribution is 0.0401. The fraction of sp³-hybridized carbons (Fsp3) is 0.684. The number of hydrogen-bond acceptors (Lipinski definition) is 6. The molecule has 0 radical (unpaired) electrons. The first-order chi connectivity index (χ1) is 12.7. The molecule has 0 aromatic heterocycles. The van der Waals surface area contributed by atoms with Gasteiger partial charge in [0, 0.05) is 79.5 Å². The van der Waals surface area contributed by atoms with E-state index in [1.54, 1.807) is 7.11 Å². The number of rotatable bonds is 6. The number of ether oxygens (including phenoxy) is 1. The van der Waals surface area contributed by atoms with Gasteiger partial charge in [-0.05, 0) is 12.5 Å². The van der Waals surface area contributed by atoms with Crippen LogP contribution < -0.4 is 4.74 Å². The molecule has 4 nitrogen and oxygen atoms in total. The fourth-order valence-corrected chi connectivity index (χ4v) is 6.32. The second kappa shape index (κ2) is 10.2. The first kappa shape index (κ1) is 20.3. The van der Waals surface area contributed by atoms with Crippen LogP contribution in [0.5, 0.6) is 5.75 Å². The topological polar surface area (TPSA) is 35.9 Å². The highest BCUT2D eigenvalue weighted by atomic mass is 32.2. The van der Waals surface area contributed by atoms with Gasteiger partial charge in [0.1, 0.15) is 11.6 Å². The molecule has 2 fully saturated rings. The minimum Gasteiger partial charge on any atom is -0.497 e. The molecule has 3 rings (SSSR count). The third-order valence-corrected chi connectivity index (χ3v) is 7.73. The first-order valence-corrected chi connectivity index (χ1v) is 11.6. The average Bonchev–Trinajstić information content (AvgIpc) is 2.94. The van der Waals surface area contributed by atoms with Gasteiger partial charge in [0.2, 0.25) is 0 Å². The van der Waals surface area contributed by atoms with E-state index in [2.05, 4.69) is 33.3 Å². The molecule has 7 heteroatoms. The maximum absolute atomic E-state index is 14.3. The van der Waals surface area contributed by atoms with Gasteiger partial charge in [0.15, 0.2) is 0 Å². The Morgan fingerprint density at radius 3 is 2.65 bits per heavy atom. The summed E-state index contributed by atoms with van der Waals surface area (Å²) in [6.45, 7) is 3.66. The average molecular weight is 401 g/mol. The second-order valence-electron chi connectivity index (χ2n) is 6.89. The van der Waals surface area contributed by atoms with Crippen LogP contribution in [-0.4, -0.2) is 83.4 Å². The summed E-state index contributed by atoms with van der Waals surface area (Å²) in [5.74, 6) is 5.23. The molecular weight excluding hydrogens is 371 g/mol. The van der Waals surface area contributed by atoms with E-state index in [1.807, 2.05) is 12.1 Å². The van der Waals surface area contributed by atoms with Crippen molar-refractivity contribution in [1.29, 1.82) is 0 Å². The van der Waals surface area contributed by atoms with Crippen LogP contribution in [-0.2, 0) is 6.54 Å². The monoisotopic (exact) mass is 400 g/mol. The normalized spacial score (nSPS) is 23.7. The van der Waals surface area contributed by atoms with Crippen molar-refractivity contribution in [1.82, 2.24) is 9.80 Å². The van der Waals surface area contributed by atoms with Gasteiger partial charge in [-0.2, -0.15) is 23.5 Å². The lowest BCUT2D eigenvalue weighted by Crippen LogP contribution is -2.56. The predicted molar refractivity (Wildman–Crippen MR) is 109 cm³/mol. The van der Waals surface area contributed by atoms with Crippen LogP contribution in [0.25, 0.3) is 0 Å². The Hall–Kier alpha value is -0.470. The van der Waals surface area contributed by atoms with E-state index in [0.29, 0.717) is 23.9 Å². The molecule has 1 aromatic rings. The van der Waals surface area contributed by atoms with E-state index >= 15 is 0 Å². The van der Waals surface area contributed by atoms with Crippen LogP contribution in [0.1, 0.15) is 12.0 Å². The van der Waals surface area contributed by atoms with Gasteiger partial charge in [-0.3, -0.25) is 9.80 Å². The number of methoxy groups -OCH3 is 1. The van der Waals surface area contributed by atoms with E-state index in [0.717, 1.165) is 26.1 Å². The zero-order valence-electron chi connectivity index (χ0n) is 15.4. The van der Waals surface area contributed by atoms with Gasteiger partial charge in [0.05, 0.1) is 7.11 Å². The molecule has 0 spiro atoms. The molecule has 26 heavy (non-hydrogen) atoms. The van der Waals surface area contributed by atoms with Crippen LogP contribution in [0.3, 0.4) is 0 Å². The Morgan fingerprint density at radius 2 is 2.00 bits per heavy atom. The molecule has 2 aliphatic heterocycles. The highest BCUT2D eigenvalue weighted by molar-refractivity contribution is 8.03. The zero-order chi connectivity index (χ0) is 18.4. The zero-order valence-corrected chi connectivity index (χ0v) is 17.0. The highest BCUT2D eigenvalue weighted by Crippen LogP contribution is 2.25.